The van der Waals surface area contributed by atoms with Crippen LogP contribution in [0.5, 0.6) is 0 Å². The van der Waals surface area contributed by atoms with E-state index in [4.69, 9.17) is 4.74 Å². The zero-order valence-corrected chi connectivity index (χ0v) is 12.5. The fourth-order valence-corrected chi connectivity index (χ4v) is 2.90. The lowest BCUT2D eigenvalue weighted by Crippen LogP contribution is -2.20. The van der Waals surface area contributed by atoms with Crippen LogP contribution in [0.15, 0.2) is 24.3 Å². The second-order valence-corrected chi connectivity index (χ2v) is 5.28. The summed E-state index contributed by atoms with van der Waals surface area (Å²) >= 11 is 0. The van der Waals surface area contributed by atoms with Crippen molar-refractivity contribution < 1.29 is 9.53 Å². The van der Waals surface area contributed by atoms with Gasteiger partial charge in [0.05, 0.1) is 6.61 Å². The number of carbonyl (C=O) groups is 1. The molecule has 2 aromatic rings. The minimum Gasteiger partial charge on any atom is -0.461 e. The standard InChI is InChI=1S/C17H20N2O2/c1-3-21-17(20)16-14(12-7-9-18-10-8-12)13-6-4-5-11(2)15(13)19-16/h4-7,18-19H,3,8-10H2,1-2H3. The van der Waals surface area contributed by atoms with E-state index in [0.29, 0.717) is 12.3 Å². The number of fused-ring (bicyclic) bond motifs is 1. The molecule has 2 heterocycles. The summed E-state index contributed by atoms with van der Waals surface area (Å²) in [4.78, 5) is 15.6. The zero-order chi connectivity index (χ0) is 14.8. The van der Waals surface area contributed by atoms with Gasteiger partial charge < -0.3 is 15.0 Å². The number of aromatic nitrogens is 1. The number of aromatic amines is 1. The van der Waals surface area contributed by atoms with Gasteiger partial charge >= 0.3 is 5.97 Å². The van der Waals surface area contributed by atoms with Gasteiger partial charge in [0.1, 0.15) is 5.69 Å². The van der Waals surface area contributed by atoms with Crippen molar-refractivity contribution in [1.29, 1.82) is 0 Å². The molecule has 0 unspecified atom stereocenters. The van der Waals surface area contributed by atoms with Crippen molar-refractivity contribution in [2.75, 3.05) is 19.7 Å². The molecule has 0 aliphatic carbocycles. The highest BCUT2D eigenvalue weighted by Gasteiger charge is 2.22. The fourth-order valence-electron chi connectivity index (χ4n) is 2.90. The van der Waals surface area contributed by atoms with Crippen molar-refractivity contribution in [3.05, 3.63) is 41.1 Å². The number of hydrogen-bond donors (Lipinski definition) is 2. The Balaban J connectivity index is 2.22. The number of esters is 1. The summed E-state index contributed by atoms with van der Waals surface area (Å²) in [6.07, 6.45) is 3.09. The molecule has 0 saturated carbocycles. The van der Waals surface area contributed by atoms with Gasteiger partial charge in [-0.25, -0.2) is 4.79 Å². The number of rotatable bonds is 3. The first-order chi connectivity index (χ1) is 10.2. The molecule has 0 saturated heterocycles. The highest BCUT2D eigenvalue weighted by atomic mass is 16.5. The van der Waals surface area contributed by atoms with Crippen LogP contribution in [0.2, 0.25) is 0 Å². The first-order valence-electron chi connectivity index (χ1n) is 7.41. The molecular weight excluding hydrogens is 264 g/mol. The van der Waals surface area contributed by atoms with Gasteiger partial charge in [-0.05, 0) is 37.9 Å². The molecule has 110 valence electrons. The minimum absolute atomic E-state index is 0.275. The second kappa shape index (κ2) is 5.74. The Labute approximate surface area is 124 Å². The molecule has 1 aromatic carbocycles. The van der Waals surface area contributed by atoms with Gasteiger partial charge in [-0.2, -0.15) is 0 Å². The smallest absolute Gasteiger partial charge is 0.355 e. The van der Waals surface area contributed by atoms with Crippen molar-refractivity contribution in [3.8, 4) is 0 Å². The Kier molecular flexibility index (Phi) is 3.80. The van der Waals surface area contributed by atoms with Crippen molar-refractivity contribution in [3.63, 3.8) is 0 Å². The van der Waals surface area contributed by atoms with Crippen LogP contribution in [0.4, 0.5) is 0 Å². The molecular formula is C17H20N2O2. The van der Waals surface area contributed by atoms with Gasteiger partial charge in [0.2, 0.25) is 0 Å². The van der Waals surface area contributed by atoms with Crippen LogP contribution in [-0.4, -0.2) is 30.6 Å². The van der Waals surface area contributed by atoms with Crippen molar-refractivity contribution in [2.24, 2.45) is 0 Å². The number of nitrogens with one attached hydrogen (secondary N) is 2. The number of aryl methyl sites for hydroxylation is 1. The van der Waals surface area contributed by atoms with Gasteiger partial charge in [-0.1, -0.05) is 24.3 Å². The third-order valence-corrected chi connectivity index (χ3v) is 3.91. The number of benzene rings is 1. The monoisotopic (exact) mass is 284 g/mol. The molecule has 0 atom stereocenters. The van der Waals surface area contributed by atoms with Crippen LogP contribution < -0.4 is 5.32 Å². The fraction of sp³-hybridized carbons (Fsp3) is 0.353. The molecule has 4 nitrogen and oxygen atoms in total. The van der Waals surface area contributed by atoms with Gasteiger partial charge in [0.25, 0.3) is 0 Å². The van der Waals surface area contributed by atoms with E-state index in [1.165, 1.54) is 5.57 Å². The predicted molar refractivity (Wildman–Crippen MR) is 84.5 cm³/mol. The molecule has 1 aliphatic rings. The lowest BCUT2D eigenvalue weighted by Gasteiger charge is -2.15. The summed E-state index contributed by atoms with van der Waals surface area (Å²) < 4.78 is 5.22. The van der Waals surface area contributed by atoms with E-state index in [-0.39, 0.29) is 5.97 Å². The second-order valence-electron chi connectivity index (χ2n) is 5.28. The predicted octanol–water partition coefficient (Wildman–Crippen LogP) is 3.03. The third-order valence-electron chi connectivity index (χ3n) is 3.91. The Hall–Kier alpha value is -2.07. The van der Waals surface area contributed by atoms with Crippen molar-refractivity contribution in [1.82, 2.24) is 10.3 Å². The summed E-state index contributed by atoms with van der Waals surface area (Å²) in [5.41, 5.74) is 4.96. The number of hydrogen-bond acceptors (Lipinski definition) is 3. The maximum Gasteiger partial charge on any atom is 0.355 e. The molecule has 0 fully saturated rings. The normalized spacial score (nSPS) is 15.0. The molecule has 0 spiro atoms. The van der Waals surface area contributed by atoms with Crippen LogP contribution in [0.3, 0.4) is 0 Å². The Morgan fingerprint density at radius 1 is 1.38 bits per heavy atom. The van der Waals surface area contributed by atoms with E-state index in [1.807, 2.05) is 26.0 Å². The molecule has 1 aromatic heterocycles. The van der Waals surface area contributed by atoms with E-state index in [9.17, 15) is 4.79 Å². The largest absolute Gasteiger partial charge is 0.461 e. The zero-order valence-electron chi connectivity index (χ0n) is 12.5. The molecule has 0 amide bonds. The molecule has 4 heteroatoms. The third kappa shape index (κ3) is 2.47. The van der Waals surface area contributed by atoms with Crippen LogP contribution in [0, 0.1) is 6.92 Å². The van der Waals surface area contributed by atoms with Crippen LogP contribution in [-0.2, 0) is 4.74 Å². The van der Waals surface area contributed by atoms with Gasteiger partial charge in [0, 0.05) is 23.0 Å². The molecule has 2 N–H and O–H groups in total. The summed E-state index contributed by atoms with van der Waals surface area (Å²) in [5.74, 6) is -0.275. The van der Waals surface area contributed by atoms with Gasteiger partial charge in [0.15, 0.2) is 0 Å². The van der Waals surface area contributed by atoms with E-state index >= 15 is 0 Å². The van der Waals surface area contributed by atoms with Gasteiger partial charge in [-0.15, -0.1) is 0 Å². The van der Waals surface area contributed by atoms with Crippen molar-refractivity contribution in [2.45, 2.75) is 20.3 Å². The SMILES string of the molecule is CCOC(=O)c1[nH]c2c(C)cccc2c1C1=CCNCC1. The quantitative estimate of drug-likeness (QED) is 0.852. The van der Waals surface area contributed by atoms with Crippen LogP contribution in [0.25, 0.3) is 16.5 Å². The summed E-state index contributed by atoms with van der Waals surface area (Å²) in [5, 5.41) is 4.41. The lowest BCUT2D eigenvalue weighted by atomic mass is 9.96. The van der Waals surface area contributed by atoms with Crippen LogP contribution >= 0.6 is 0 Å². The summed E-state index contributed by atoms with van der Waals surface area (Å²) in [6.45, 7) is 6.04. The number of para-hydroxylation sites is 1. The molecule has 1 aliphatic heterocycles. The highest BCUT2D eigenvalue weighted by Crippen LogP contribution is 2.33. The maximum atomic E-state index is 12.3. The van der Waals surface area contributed by atoms with Crippen LogP contribution in [0.1, 0.15) is 35.0 Å². The minimum atomic E-state index is -0.275. The van der Waals surface area contributed by atoms with E-state index in [0.717, 1.165) is 41.5 Å². The Morgan fingerprint density at radius 2 is 2.24 bits per heavy atom. The number of H-pyrrole nitrogens is 1. The Morgan fingerprint density at radius 3 is 2.95 bits per heavy atom. The number of ether oxygens (including phenoxy) is 1. The van der Waals surface area contributed by atoms with E-state index in [1.54, 1.807) is 0 Å². The molecule has 21 heavy (non-hydrogen) atoms. The summed E-state index contributed by atoms with van der Waals surface area (Å²) in [7, 11) is 0. The first kappa shape index (κ1) is 13.9. The van der Waals surface area contributed by atoms with E-state index < -0.39 is 0 Å². The average molecular weight is 284 g/mol. The first-order valence-corrected chi connectivity index (χ1v) is 7.41. The average Bonchev–Trinajstić information content (AvgIpc) is 2.89. The maximum absolute atomic E-state index is 12.3. The number of carbonyl (C=O) groups excluding carboxylic acids is 1. The van der Waals surface area contributed by atoms with Gasteiger partial charge in [-0.3, -0.25) is 0 Å². The summed E-state index contributed by atoms with van der Waals surface area (Å²) in [6, 6.07) is 6.15. The molecule has 3 rings (SSSR count). The lowest BCUT2D eigenvalue weighted by molar-refractivity contribution is 0.0520. The Bertz CT molecular complexity index is 713. The van der Waals surface area contributed by atoms with E-state index in [2.05, 4.69) is 22.4 Å². The molecule has 0 radical (unpaired) electrons. The topological polar surface area (TPSA) is 54.1 Å². The van der Waals surface area contributed by atoms with Crippen molar-refractivity contribution >= 4 is 22.4 Å². The molecule has 0 bridgehead atoms. The highest BCUT2D eigenvalue weighted by molar-refractivity contribution is 6.05.